The molecule has 2 aromatic heterocycles. The van der Waals surface area contributed by atoms with Gasteiger partial charge in [-0.05, 0) is 73.9 Å². The smallest absolute Gasteiger partial charge is 0.219 e. The van der Waals surface area contributed by atoms with Crippen molar-refractivity contribution in [2.24, 2.45) is 0 Å². The van der Waals surface area contributed by atoms with E-state index in [9.17, 15) is 4.79 Å². The van der Waals surface area contributed by atoms with Crippen LogP contribution in [0.4, 0.5) is 17.5 Å². The number of amides is 1. The van der Waals surface area contributed by atoms with Crippen LogP contribution < -0.4 is 10.2 Å². The molecule has 0 aromatic carbocycles. The van der Waals surface area contributed by atoms with E-state index < -0.39 is 0 Å². The molecule has 0 bridgehead atoms. The van der Waals surface area contributed by atoms with Crippen LogP contribution >= 0.6 is 0 Å². The van der Waals surface area contributed by atoms with Crippen molar-refractivity contribution in [3.8, 4) is 0 Å². The summed E-state index contributed by atoms with van der Waals surface area (Å²) in [5, 5.41) is 10.8. The van der Waals surface area contributed by atoms with Gasteiger partial charge in [0.05, 0.1) is 0 Å². The maximum atomic E-state index is 11.7. The molecule has 0 aliphatic carbocycles. The average molecular weight is 407 g/mol. The van der Waals surface area contributed by atoms with Crippen LogP contribution in [-0.4, -0.2) is 52.7 Å². The van der Waals surface area contributed by atoms with Crippen LogP contribution in [0.1, 0.15) is 56.6 Å². The third kappa shape index (κ3) is 4.45. The highest BCUT2D eigenvalue weighted by molar-refractivity contribution is 5.78. The Morgan fingerprint density at radius 1 is 1.17 bits per heavy atom. The number of hydrogen-bond donors (Lipinski definition) is 2. The van der Waals surface area contributed by atoms with Crippen molar-refractivity contribution in [2.75, 3.05) is 29.9 Å². The second-order valence-corrected chi connectivity index (χ2v) is 8.35. The first kappa shape index (κ1) is 20.3. The lowest BCUT2D eigenvalue weighted by Gasteiger charge is -2.32. The molecule has 2 aromatic rings. The molecule has 30 heavy (non-hydrogen) atoms. The molecular weight excluding hydrogens is 376 g/mol. The predicted molar refractivity (Wildman–Crippen MR) is 120 cm³/mol. The Morgan fingerprint density at radius 2 is 1.97 bits per heavy atom. The summed E-state index contributed by atoms with van der Waals surface area (Å²) in [6.45, 7) is 6.56. The second-order valence-electron chi connectivity index (χ2n) is 8.35. The largest absolute Gasteiger partial charge is 0.354 e. The molecule has 2 aliphatic rings. The minimum atomic E-state index is 0.161. The van der Waals surface area contributed by atoms with Gasteiger partial charge >= 0.3 is 0 Å². The molecule has 1 amide bonds. The highest BCUT2D eigenvalue weighted by Gasteiger charge is 2.26. The minimum Gasteiger partial charge on any atom is -0.354 e. The van der Waals surface area contributed by atoms with E-state index in [0.29, 0.717) is 17.8 Å². The highest BCUT2D eigenvalue weighted by atomic mass is 16.2. The summed E-state index contributed by atoms with van der Waals surface area (Å²) in [4.78, 5) is 25.3. The quantitative estimate of drug-likeness (QED) is 0.735. The highest BCUT2D eigenvalue weighted by Crippen LogP contribution is 2.34. The van der Waals surface area contributed by atoms with E-state index in [4.69, 9.17) is 10.4 Å². The maximum absolute atomic E-state index is 11.7. The van der Waals surface area contributed by atoms with Gasteiger partial charge in [-0.3, -0.25) is 4.79 Å². The lowest BCUT2D eigenvalue weighted by molar-refractivity contribution is -0.129. The molecule has 0 saturated carbocycles. The van der Waals surface area contributed by atoms with Crippen LogP contribution in [0, 0.1) is 5.41 Å². The van der Waals surface area contributed by atoms with Gasteiger partial charge in [0, 0.05) is 45.0 Å². The van der Waals surface area contributed by atoms with Crippen molar-refractivity contribution in [2.45, 2.75) is 51.5 Å². The molecular formula is C23H30N6O. The van der Waals surface area contributed by atoms with E-state index >= 15 is 0 Å². The number of piperidine rings is 1. The van der Waals surface area contributed by atoms with Crippen molar-refractivity contribution in [3.05, 3.63) is 41.6 Å². The van der Waals surface area contributed by atoms with E-state index in [1.807, 2.05) is 17.0 Å². The minimum absolute atomic E-state index is 0.161. The fourth-order valence-corrected chi connectivity index (χ4v) is 4.52. The zero-order chi connectivity index (χ0) is 21.1. The van der Waals surface area contributed by atoms with Gasteiger partial charge in [0.15, 0.2) is 0 Å². The molecule has 2 N–H and O–H groups in total. The van der Waals surface area contributed by atoms with Gasteiger partial charge in [-0.15, -0.1) is 0 Å². The van der Waals surface area contributed by atoms with Crippen molar-refractivity contribution < 1.29 is 4.79 Å². The molecule has 4 rings (SSSR count). The third-order valence-corrected chi connectivity index (χ3v) is 6.30. The standard InChI is InChI=1S/C23H30N6O/c1-16-4-3-9-29(16)23-14-20(19-6-10-28(11-7-19)17(2)30)13-22(27-23)26-21-12-18(15-24)5-8-25-21/h5,8,12-16,19,24H,3-4,6-7,9-11H2,1-2H3,(H,25,26,27)/t16-/m1/s1. The summed E-state index contributed by atoms with van der Waals surface area (Å²) in [6.07, 6.45) is 7.34. The molecule has 0 radical (unpaired) electrons. The molecule has 7 nitrogen and oxygen atoms in total. The van der Waals surface area contributed by atoms with Crippen molar-refractivity contribution in [1.29, 1.82) is 5.41 Å². The molecule has 2 saturated heterocycles. The predicted octanol–water partition coefficient (Wildman–Crippen LogP) is 3.93. The van der Waals surface area contributed by atoms with Crippen LogP contribution in [-0.2, 0) is 4.79 Å². The molecule has 1 atom stereocenters. The Labute approximate surface area is 178 Å². The average Bonchev–Trinajstić information content (AvgIpc) is 3.19. The lowest BCUT2D eigenvalue weighted by Crippen LogP contribution is -2.36. The van der Waals surface area contributed by atoms with Crippen molar-refractivity contribution in [1.82, 2.24) is 14.9 Å². The van der Waals surface area contributed by atoms with E-state index in [-0.39, 0.29) is 5.91 Å². The van der Waals surface area contributed by atoms with E-state index in [0.717, 1.165) is 49.7 Å². The Balaban J connectivity index is 1.63. The van der Waals surface area contributed by atoms with E-state index in [2.05, 4.69) is 34.3 Å². The fourth-order valence-electron chi connectivity index (χ4n) is 4.52. The molecule has 2 aliphatic heterocycles. The normalized spacial score (nSPS) is 19.7. The number of nitrogens with zero attached hydrogens (tertiary/aromatic N) is 4. The molecule has 0 unspecified atom stereocenters. The zero-order valence-electron chi connectivity index (χ0n) is 17.8. The van der Waals surface area contributed by atoms with Crippen LogP contribution in [0.15, 0.2) is 30.5 Å². The Morgan fingerprint density at radius 3 is 2.63 bits per heavy atom. The topological polar surface area (TPSA) is 85.2 Å². The van der Waals surface area contributed by atoms with Gasteiger partial charge in [0.2, 0.25) is 5.91 Å². The Bertz CT molecular complexity index is 922. The van der Waals surface area contributed by atoms with E-state index in [1.165, 1.54) is 24.6 Å². The van der Waals surface area contributed by atoms with E-state index in [1.54, 1.807) is 13.1 Å². The Hall–Kier alpha value is -2.96. The number of likely N-dealkylation sites (tertiary alicyclic amines) is 1. The van der Waals surface area contributed by atoms with Gasteiger partial charge in [0.1, 0.15) is 17.5 Å². The number of rotatable bonds is 5. The number of aromatic nitrogens is 2. The number of carbonyl (C=O) groups is 1. The molecule has 2 fully saturated rings. The van der Waals surface area contributed by atoms with Crippen LogP contribution in [0.25, 0.3) is 0 Å². The molecule has 0 spiro atoms. The summed E-state index contributed by atoms with van der Waals surface area (Å²) in [6, 6.07) is 8.51. The van der Waals surface area contributed by atoms with Crippen LogP contribution in [0.3, 0.4) is 0 Å². The van der Waals surface area contributed by atoms with Gasteiger partial charge < -0.3 is 20.5 Å². The van der Waals surface area contributed by atoms with Crippen molar-refractivity contribution in [3.63, 3.8) is 0 Å². The summed E-state index contributed by atoms with van der Waals surface area (Å²) in [7, 11) is 0. The Kier molecular flexibility index (Phi) is 5.97. The summed E-state index contributed by atoms with van der Waals surface area (Å²) in [5.41, 5.74) is 2.07. The molecule has 158 valence electrons. The number of nitrogens with one attached hydrogen (secondary N) is 2. The maximum Gasteiger partial charge on any atom is 0.219 e. The third-order valence-electron chi connectivity index (χ3n) is 6.30. The molecule has 7 heteroatoms. The number of anilines is 3. The first-order valence-electron chi connectivity index (χ1n) is 10.8. The van der Waals surface area contributed by atoms with Gasteiger partial charge in [-0.1, -0.05) is 0 Å². The van der Waals surface area contributed by atoms with Crippen LogP contribution in [0.5, 0.6) is 0 Å². The summed E-state index contributed by atoms with van der Waals surface area (Å²) < 4.78 is 0. The van der Waals surface area contributed by atoms with Crippen molar-refractivity contribution >= 4 is 29.6 Å². The SMILES string of the molecule is CC(=O)N1CCC(c2cc(Nc3cc(C=N)ccn3)nc(N3CCC[C@H]3C)c2)CC1. The summed E-state index contributed by atoms with van der Waals surface area (Å²) in [5.74, 6) is 3.06. The molecule has 4 heterocycles. The zero-order valence-corrected chi connectivity index (χ0v) is 17.8. The number of hydrogen-bond acceptors (Lipinski definition) is 6. The monoisotopic (exact) mass is 406 g/mol. The first-order valence-corrected chi connectivity index (χ1v) is 10.8. The van der Waals surface area contributed by atoms with Gasteiger partial charge in [-0.25, -0.2) is 9.97 Å². The second kappa shape index (κ2) is 8.81. The fraction of sp³-hybridized carbons (Fsp3) is 0.478. The first-order chi connectivity index (χ1) is 14.5. The van der Waals surface area contributed by atoms with Gasteiger partial charge in [-0.2, -0.15) is 0 Å². The van der Waals surface area contributed by atoms with Crippen LogP contribution in [0.2, 0.25) is 0 Å². The lowest BCUT2D eigenvalue weighted by atomic mass is 9.89. The number of pyridine rings is 2. The summed E-state index contributed by atoms with van der Waals surface area (Å²) >= 11 is 0. The van der Waals surface area contributed by atoms with Gasteiger partial charge in [0.25, 0.3) is 0 Å². The number of carbonyl (C=O) groups excluding carboxylic acids is 1.